The molecule has 0 fully saturated rings. The SMILES string of the molecule is O=C(O)CCCCN1CCc2ccccc2C1c1ccccc1. The maximum atomic E-state index is 10.7. The number of aliphatic carboxylic acids is 1. The standard InChI is InChI=1S/C20H23NO2/c22-19(23)12-6-7-14-21-15-13-16-8-4-5-11-18(16)20(21)17-9-2-1-3-10-17/h1-5,8-11,20H,6-7,12-15H2,(H,22,23). The van der Waals surface area contributed by atoms with Crippen molar-refractivity contribution in [1.29, 1.82) is 0 Å². The largest absolute Gasteiger partial charge is 0.481 e. The van der Waals surface area contributed by atoms with Crippen molar-refractivity contribution in [3.8, 4) is 0 Å². The lowest BCUT2D eigenvalue weighted by Crippen LogP contribution is -2.36. The second-order valence-corrected chi connectivity index (χ2v) is 6.15. The van der Waals surface area contributed by atoms with E-state index in [2.05, 4.69) is 59.5 Å². The second-order valence-electron chi connectivity index (χ2n) is 6.15. The van der Waals surface area contributed by atoms with E-state index in [1.54, 1.807) is 0 Å². The molecule has 0 spiro atoms. The first-order chi connectivity index (χ1) is 11.3. The molecule has 3 heteroatoms. The summed E-state index contributed by atoms with van der Waals surface area (Å²) in [4.78, 5) is 13.2. The van der Waals surface area contributed by atoms with Crippen LogP contribution in [0.25, 0.3) is 0 Å². The molecule has 0 amide bonds. The third kappa shape index (κ3) is 3.80. The van der Waals surface area contributed by atoms with E-state index in [1.807, 2.05) is 0 Å². The van der Waals surface area contributed by atoms with E-state index in [9.17, 15) is 4.79 Å². The van der Waals surface area contributed by atoms with E-state index in [4.69, 9.17) is 5.11 Å². The Morgan fingerprint density at radius 1 is 1.04 bits per heavy atom. The summed E-state index contributed by atoms with van der Waals surface area (Å²) < 4.78 is 0. The molecule has 1 aliphatic rings. The molecule has 3 rings (SSSR count). The smallest absolute Gasteiger partial charge is 0.303 e. The third-order valence-corrected chi connectivity index (χ3v) is 4.58. The van der Waals surface area contributed by atoms with Gasteiger partial charge in [-0.05, 0) is 42.5 Å². The molecule has 2 aromatic rings. The zero-order chi connectivity index (χ0) is 16.1. The number of unbranched alkanes of at least 4 members (excludes halogenated alkanes) is 1. The molecule has 1 heterocycles. The predicted molar refractivity (Wildman–Crippen MR) is 91.5 cm³/mol. The fourth-order valence-electron chi connectivity index (χ4n) is 3.48. The van der Waals surface area contributed by atoms with Gasteiger partial charge in [-0.25, -0.2) is 0 Å². The van der Waals surface area contributed by atoms with E-state index in [-0.39, 0.29) is 12.5 Å². The van der Waals surface area contributed by atoms with Crippen molar-refractivity contribution in [1.82, 2.24) is 4.90 Å². The highest BCUT2D eigenvalue weighted by Crippen LogP contribution is 2.35. The van der Waals surface area contributed by atoms with Crippen molar-refractivity contribution in [2.24, 2.45) is 0 Å². The van der Waals surface area contributed by atoms with Crippen LogP contribution in [0.2, 0.25) is 0 Å². The Kier molecular flexibility index (Phi) is 5.09. The van der Waals surface area contributed by atoms with Gasteiger partial charge in [-0.2, -0.15) is 0 Å². The average Bonchev–Trinajstić information content (AvgIpc) is 2.59. The van der Waals surface area contributed by atoms with Crippen molar-refractivity contribution < 1.29 is 9.90 Å². The summed E-state index contributed by atoms with van der Waals surface area (Å²) in [5, 5.41) is 8.80. The van der Waals surface area contributed by atoms with Crippen LogP contribution in [-0.4, -0.2) is 29.1 Å². The van der Waals surface area contributed by atoms with Crippen molar-refractivity contribution in [2.75, 3.05) is 13.1 Å². The number of fused-ring (bicyclic) bond motifs is 1. The fourth-order valence-corrected chi connectivity index (χ4v) is 3.48. The maximum Gasteiger partial charge on any atom is 0.303 e. The Labute approximate surface area is 137 Å². The molecule has 1 aliphatic heterocycles. The maximum absolute atomic E-state index is 10.7. The molecule has 2 aromatic carbocycles. The molecule has 1 unspecified atom stereocenters. The molecule has 0 aliphatic carbocycles. The van der Waals surface area contributed by atoms with Gasteiger partial charge in [0.2, 0.25) is 0 Å². The molecule has 23 heavy (non-hydrogen) atoms. The Morgan fingerprint density at radius 3 is 2.57 bits per heavy atom. The Bertz CT molecular complexity index is 654. The average molecular weight is 309 g/mol. The molecule has 0 radical (unpaired) electrons. The minimum absolute atomic E-state index is 0.264. The molecule has 1 atom stereocenters. The van der Waals surface area contributed by atoms with Gasteiger partial charge in [0.25, 0.3) is 0 Å². The summed E-state index contributed by atoms with van der Waals surface area (Å²) in [6.45, 7) is 1.98. The molecule has 0 saturated carbocycles. The van der Waals surface area contributed by atoms with E-state index < -0.39 is 5.97 Å². The van der Waals surface area contributed by atoms with Crippen molar-refractivity contribution >= 4 is 5.97 Å². The summed E-state index contributed by atoms with van der Waals surface area (Å²) in [5.41, 5.74) is 4.14. The number of carboxylic acid groups (broad SMARTS) is 1. The minimum atomic E-state index is -0.700. The zero-order valence-electron chi connectivity index (χ0n) is 13.3. The summed E-state index contributed by atoms with van der Waals surface area (Å²) in [7, 11) is 0. The lowest BCUT2D eigenvalue weighted by atomic mass is 9.88. The van der Waals surface area contributed by atoms with E-state index in [0.29, 0.717) is 0 Å². The number of benzene rings is 2. The second kappa shape index (κ2) is 7.42. The number of rotatable bonds is 6. The molecular weight excluding hydrogens is 286 g/mol. The number of carboxylic acids is 1. The number of nitrogens with zero attached hydrogens (tertiary/aromatic N) is 1. The molecule has 0 aromatic heterocycles. The fraction of sp³-hybridized carbons (Fsp3) is 0.350. The lowest BCUT2D eigenvalue weighted by molar-refractivity contribution is -0.137. The summed E-state index contributed by atoms with van der Waals surface area (Å²) in [5.74, 6) is -0.700. The first kappa shape index (κ1) is 15.8. The number of hydrogen-bond donors (Lipinski definition) is 1. The van der Waals surface area contributed by atoms with Crippen molar-refractivity contribution in [3.63, 3.8) is 0 Å². The molecular formula is C20H23NO2. The highest BCUT2D eigenvalue weighted by Gasteiger charge is 2.27. The van der Waals surface area contributed by atoms with Gasteiger partial charge in [-0.15, -0.1) is 0 Å². The van der Waals surface area contributed by atoms with Crippen LogP contribution in [0.5, 0.6) is 0 Å². The van der Waals surface area contributed by atoms with Gasteiger partial charge in [0.1, 0.15) is 0 Å². The summed E-state index contributed by atoms with van der Waals surface area (Å²) >= 11 is 0. The van der Waals surface area contributed by atoms with Crippen LogP contribution in [0.15, 0.2) is 54.6 Å². The van der Waals surface area contributed by atoms with Gasteiger partial charge >= 0.3 is 5.97 Å². The van der Waals surface area contributed by atoms with Crippen LogP contribution in [-0.2, 0) is 11.2 Å². The zero-order valence-corrected chi connectivity index (χ0v) is 13.3. The Hall–Kier alpha value is -2.13. The summed E-state index contributed by atoms with van der Waals surface area (Å²) in [6.07, 6.45) is 3.01. The Morgan fingerprint density at radius 2 is 1.78 bits per heavy atom. The van der Waals surface area contributed by atoms with Crippen LogP contribution < -0.4 is 0 Å². The minimum Gasteiger partial charge on any atom is -0.481 e. The first-order valence-corrected chi connectivity index (χ1v) is 8.34. The van der Waals surface area contributed by atoms with Crippen molar-refractivity contribution in [2.45, 2.75) is 31.7 Å². The number of carbonyl (C=O) groups is 1. The van der Waals surface area contributed by atoms with Crippen LogP contribution in [0.1, 0.15) is 42.0 Å². The van der Waals surface area contributed by atoms with Crippen LogP contribution >= 0.6 is 0 Å². The first-order valence-electron chi connectivity index (χ1n) is 8.34. The van der Waals surface area contributed by atoms with Gasteiger partial charge in [-0.3, -0.25) is 9.69 Å². The van der Waals surface area contributed by atoms with Crippen LogP contribution in [0.3, 0.4) is 0 Å². The Balaban J connectivity index is 1.80. The van der Waals surface area contributed by atoms with Crippen molar-refractivity contribution in [3.05, 3.63) is 71.3 Å². The monoisotopic (exact) mass is 309 g/mol. The highest BCUT2D eigenvalue weighted by atomic mass is 16.4. The topological polar surface area (TPSA) is 40.5 Å². The van der Waals surface area contributed by atoms with E-state index in [1.165, 1.54) is 16.7 Å². The normalized spacial score (nSPS) is 17.7. The lowest BCUT2D eigenvalue weighted by Gasteiger charge is -2.37. The predicted octanol–water partition coefficient (Wildman–Crippen LogP) is 3.89. The van der Waals surface area contributed by atoms with Gasteiger partial charge in [-0.1, -0.05) is 54.6 Å². The molecule has 0 saturated heterocycles. The molecule has 120 valence electrons. The van der Waals surface area contributed by atoms with Gasteiger partial charge in [0, 0.05) is 13.0 Å². The van der Waals surface area contributed by atoms with Gasteiger partial charge in [0.15, 0.2) is 0 Å². The molecule has 1 N–H and O–H groups in total. The third-order valence-electron chi connectivity index (χ3n) is 4.58. The summed E-state index contributed by atoms with van der Waals surface area (Å²) in [6, 6.07) is 19.6. The van der Waals surface area contributed by atoms with Crippen LogP contribution in [0, 0.1) is 0 Å². The highest BCUT2D eigenvalue weighted by molar-refractivity contribution is 5.66. The molecule has 3 nitrogen and oxygen atoms in total. The van der Waals surface area contributed by atoms with Gasteiger partial charge < -0.3 is 5.11 Å². The van der Waals surface area contributed by atoms with Gasteiger partial charge in [0.05, 0.1) is 6.04 Å². The number of hydrogen-bond acceptors (Lipinski definition) is 2. The van der Waals surface area contributed by atoms with E-state index >= 15 is 0 Å². The quantitative estimate of drug-likeness (QED) is 0.823. The van der Waals surface area contributed by atoms with E-state index in [0.717, 1.165) is 32.4 Å². The molecule has 0 bridgehead atoms. The van der Waals surface area contributed by atoms with Crippen LogP contribution in [0.4, 0.5) is 0 Å².